The lowest BCUT2D eigenvalue weighted by molar-refractivity contribution is 0.302. The van der Waals surface area contributed by atoms with Gasteiger partial charge in [-0.2, -0.15) is 0 Å². The molecule has 3 rings (SSSR count). The lowest BCUT2D eigenvalue weighted by Crippen LogP contribution is -2.03. The van der Waals surface area contributed by atoms with Crippen molar-refractivity contribution in [3.63, 3.8) is 0 Å². The van der Waals surface area contributed by atoms with Crippen LogP contribution >= 0.6 is 11.6 Å². The zero-order valence-electron chi connectivity index (χ0n) is 12.5. The minimum absolute atomic E-state index is 0.374. The molecular weight excluding hydrogens is 318 g/mol. The van der Waals surface area contributed by atoms with Crippen LogP contribution in [-0.4, -0.2) is 19.4 Å². The summed E-state index contributed by atoms with van der Waals surface area (Å²) in [6.45, 7) is 0. The number of rotatable bonds is 3. The van der Waals surface area contributed by atoms with E-state index in [1.54, 1.807) is 50.6 Å². The van der Waals surface area contributed by atoms with Gasteiger partial charge in [-0.1, -0.05) is 16.8 Å². The van der Waals surface area contributed by atoms with Gasteiger partial charge in [0.25, 0.3) is 0 Å². The molecule has 5 nitrogen and oxygen atoms in total. The van der Waals surface area contributed by atoms with E-state index in [1.807, 2.05) is 6.07 Å². The quantitative estimate of drug-likeness (QED) is 0.580. The molecule has 6 heteroatoms. The first-order valence-corrected chi connectivity index (χ1v) is 7.18. The Balaban J connectivity index is 2.23. The van der Waals surface area contributed by atoms with Crippen LogP contribution in [0, 0.1) is 0 Å². The Morgan fingerprint density at radius 3 is 2.48 bits per heavy atom. The van der Waals surface area contributed by atoms with Crippen molar-refractivity contribution in [2.45, 2.75) is 0 Å². The number of methoxy groups -OCH3 is 2. The van der Waals surface area contributed by atoms with E-state index in [0.29, 0.717) is 38.6 Å². The Labute approximate surface area is 137 Å². The smallest absolute Gasteiger partial charge is 0.161 e. The highest BCUT2D eigenvalue weighted by atomic mass is 35.5. The second-order valence-electron chi connectivity index (χ2n) is 4.81. The molecule has 1 N–H and O–H groups in total. The average molecular weight is 332 g/mol. The number of nitrogens with zero attached hydrogens (tertiary/aromatic N) is 1. The SMILES string of the molecule is COc1ccc(-c2c/c(=N\O)c3cc(Cl)ccc3o2)cc1OC. The number of hydrogen-bond acceptors (Lipinski definition) is 5. The summed E-state index contributed by atoms with van der Waals surface area (Å²) in [7, 11) is 3.14. The molecule has 0 amide bonds. The van der Waals surface area contributed by atoms with Crippen LogP contribution in [0.25, 0.3) is 22.3 Å². The van der Waals surface area contributed by atoms with E-state index in [-0.39, 0.29) is 0 Å². The van der Waals surface area contributed by atoms with Gasteiger partial charge in [-0.25, -0.2) is 0 Å². The fourth-order valence-corrected chi connectivity index (χ4v) is 2.53. The van der Waals surface area contributed by atoms with E-state index in [1.165, 1.54) is 0 Å². The minimum atomic E-state index is 0.374. The van der Waals surface area contributed by atoms with Crippen molar-refractivity contribution in [3.05, 3.63) is 52.8 Å². The van der Waals surface area contributed by atoms with Crippen LogP contribution in [0.1, 0.15) is 0 Å². The van der Waals surface area contributed by atoms with Gasteiger partial charge in [-0.05, 0) is 36.4 Å². The molecule has 0 aliphatic rings. The van der Waals surface area contributed by atoms with Gasteiger partial charge in [0.2, 0.25) is 0 Å². The summed E-state index contributed by atoms with van der Waals surface area (Å²) >= 11 is 5.98. The van der Waals surface area contributed by atoms with Crippen LogP contribution in [-0.2, 0) is 0 Å². The second-order valence-corrected chi connectivity index (χ2v) is 5.24. The topological polar surface area (TPSA) is 64.2 Å². The van der Waals surface area contributed by atoms with Crippen molar-refractivity contribution >= 4 is 22.6 Å². The van der Waals surface area contributed by atoms with E-state index in [2.05, 4.69) is 5.16 Å². The maximum absolute atomic E-state index is 9.28. The summed E-state index contributed by atoms with van der Waals surface area (Å²) < 4.78 is 16.4. The Bertz CT molecular complexity index is 934. The van der Waals surface area contributed by atoms with Crippen LogP contribution in [0.2, 0.25) is 5.02 Å². The normalized spacial score (nSPS) is 11.7. The zero-order chi connectivity index (χ0) is 16.4. The van der Waals surface area contributed by atoms with Crippen molar-refractivity contribution in [1.82, 2.24) is 0 Å². The monoisotopic (exact) mass is 331 g/mol. The maximum Gasteiger partial charge on any atom is 0.161 e. The molecule has 0 saturated carbocycles. The third-order valence-electron chi connectivity index (χ3n) is 3.48. The number of halogens is 1. The zero-order valence-corrected chi connectivity index (χ0v) is 13.3. The molecule has 0 fully saturated rings. The van der Waals surface area contributed by atoms with Crippen molar-refractivity contribution in [3.8, 4) is 22.8 Å². The highest BCUT2D eigenvalue weighted by Gasteiger charge is 2.10. The van der Waals surface area contributed by atoms with Gasteiger partial charge in [0.05, 0.1) is 14.2 Å². The Hall–Kier alpha value is -2.66. The average Bonchev–Trinajstić information content (AvgIpc) is 2.60. The molecule has 1 aromatic heterocycles. The highest BCUT2D eigenvalue weighted by molar-refractivity contribution is 6.31. The fourth-order valence-electron chi connectivity index (χ4n) is 2.36. The van der Waals surface area contributed by atoms with Crippen LogP contribution in [0.3, 0.4) is 0 Å². The first-order valence-electron chi connectivity index (χ1n) is 6.80. The second kappa shape index (κ2) is 6.22. The molecule has 1 heterocycles. The summed E-state index contributed by atoms with van der Waals surface area (Å²) in [5.41, 5.74) is 1.33. The molecule has 3 aromatic rings. The van der Waals surface area contributed by atoms with Gasteiger partial charge >= 0.3 is 0 Å². The summed E-state index contributed by atoms with van der Waals surface area (Å²) in [5, 5.41) is 14.1. The van der Waals surface area contributed by atoms with Gasteiger partial charge in [0, 0.05) is 22.0 Å². The van der Waals surface area contributed by atoms with Crippen molar-refractivity contribution in [2.75, 3.05) is 14.2 Å². The Kier molecular flexibility index (Phi) is 4.12. The van der Waals surface area contributed by atoms with Gasteiger partial charge in [0.1, 0.15) is 16.7 Å². The van der Waals surface area contributed by atoms with Crippen molar-refractivity contribution in [2.24, 2.45) is 5.16 Å². The molecule has 2 aromatic carbocycles. The van der Waals surface area contributed by atoms with Gasteiger partial charge in [-0.3, -0.25) is 0 Å². The molecule has 0 aliphatic carbocycles. The van der Waals surface area contributed by atoms with Crippen LogP contribution < -0.4 is 14.8 Å². The van der Waals surface area contributed by atoms with E-state index >= 15 is 0 Å². The van der Waals surface area contributed by atoms with Gasteiger partial charge in [0.15, 0.2) is 11.5 Å². The Morgan fingerprint density at radius 1 is 1.00 bits per heavy atom. The molecule has 0 aliphatic heterocycles. The van der Waals surface area contributed by atoms with E-state index in [9.17, 15) is 5.21 Å². The molecule has 0 spiro atoms. The first kappa shape index (κ1) is 15.2. The van der Waals surface area contributed by atoms with Gasteiger partial charge < -0.3 is 19.1 Å². The fraction of sp³-hybridized carbons (Fsp3) is 0.118. The van der Waals surface area contributed by atoms with Crippen molar-refractivity contribution < 1.29 is 19.1 Å². The molecule has 0 atom stereocenters. The lowest BCUT2D eigenvalue weighted by atomic mass is 10.1. The van der Waals surface area contributed by atoms with Crippen LogP contribution in [0.15, 0.2) is 52.0 Å². The molecule has 23 heavy (non-hydrogen) atoms. The third kappa shape index (κ3) is 2.83. The van der Waals surface area contributed by atoms with Crippen LogP contribution in [0.5, 0.6) is 11.5 Å². The predicted molar refractivity (Wildman–Crippen MR) is 87.1 cm³/mol. The highest BCUT2D eigenvalue weighted by Crippen LogP contribution is 2.32. The van der Waals surface area contributed by atoms with E-state index in [4.69, 9.17) is 25.5 Å². The predicted octanol–water partition coefficient (Wildman–Crippen LogP) is 4.06. The molecule has 0 saturated heterocycles. The molecular formula is C17H14ClNO4. The number of hydrogen-bond donors (Lipinski definition) is 1. The summed E-state index contributed by atoms with van der Waals surface area (Å²) in [4.78, 5) is 0. The van der Waals surface area contributed by atoms with E-state index < -0.39 is 0 Å². The largest absolute Gasteiger partial charge is 0.493 e. The molecule has 0 unspecified atom stereocenters. The molecule has 118 valence electrons. The van der Waals surface area contributed by atoms with Crippen LogP contribution in [0.4, 0.5) is 0 Å². The summed E-state index contributed by atoms with van der Waals surface area (Å²) in [5.74, 6) is 1.74. The number of fused-ring (bicyclic) bond motifs is 1. The summed E-state index contributed by atoms with van der Waals surface area (Å²) in [6.07, 6.45) is 0. The third-order valence-corrected chi connectivity index (χ3v) is 3.72. The maximum atomic E-state index is 9.28. The minimum Gasteiger partial charge on any atom is -0.493 e. The molecule has 0 radical (unpaired) electrons. The van der Waals surface area contributed by atoms with E-state index in [0.717, 1.165) is 5.56 Å². The Morgan fingerprint density at radius 2 is 1.78 bits per heavy atom. The lowest BCUT2D eigenvalue weighted by Gasteiger charge is -2.10. The molecule has 0 bridgehead atoms. The summed E-state index contributed by atoms with van der Waals surface area (Å²) in [6, 6.07) is 12.2. The standard InChI is InChI=1S/C17H14ClNO4/c1-21-15-5-3-10(7-17(15)22-2)16-9-13(19-20)12-8-11(18)4-6-14(12)23-16/h3-9,20H,1-2H3/b19-13+. The number of benzene rings is 2. The first-order chi connectivity index (χ1) is 11.2. The van der Waals surface area contributed by atoms with Gasteiger partial charge in [-0.15, -0.1) is 0 Å². The number of ether oxygens (including phenoxy) is 2. The van der Waals surface area contributed by atoms with Crippen molar-refractivity contribution in [1.29, 1.82) is 0 Å².